The molecule has 22 heavy (non-hydrogen) atoms. The SMILES string of the molecule is Cc1cc(C2CCCCC2)n(ONCOP(=O)(O)O)c(=O)c1. The molecule has 1 saturated carbocycles. The first-order valence-electron chi connectivity index (χ1n) is 7.21. The van der Waals surface area contributed by atoms with Crippen molar-refractivity contribution in [1.29, 1.82) is 0 Å². The van der Waals surface area contributed by atoms with Gasteiger partial charge in [-0.3, -0.25) is 9.32 Å². The molecule has 9 heteroatoms. The lowest BCUT2D eigenvalue weighted by Gasteiger charge is -2.24. The first-order chi connectivity index (χ1) is 10.4. The summed E-state index contributed by atoms with van der Waals surface area (Å²) in [5, 5.41) is 0. The van der Waals surface area contributed by atoms with Crippen LogP contribution in [0.2, 0.25) is 0 Å². The molecule has 2 rings (SSSR count). The van der Waals surface area contributed by atoms with Crippen molar-refractivity contribution in [3.05, 3.63) is 33.7 Å². The minimum Gasteiger partial charge on any atom is -0.313 e. The van der Waals surface area contributed by atoms with Crippen LogP contribution in [0.15, 0.2) is 16.9 Å². The predicted octanol–water partition coefficient (Wildman–Crippen LogP) is 1.20. The van der Waals surface area contributed by atoms with Crippen LogP contribution in [0.5, 0.6) is 0 Å². The summed E-state index contributed by atoms with van der Waals surface area (Å²) in [5.41, 5.74) is 3.55. The maximum Gasteiger partial charge on any atom is 0.470 e. The van der Waals surface area contributed by atoms with Gasteiger partial charge >= 0.3 is 7.82 Å². The standard InChI is InChI=1S/C13H21N2O6P/c1-10-7-12(11-5-3-2-4-6-11)15(13(16)8-10)21-14-9-20-22(17,18)19/h7-8,11,14H,2-6,9H2,1H3,(H2,17,18,19). The summed E-state index contributed by atoms with van der Waals surface area (Å²) in [6, 6.07) is 3.35. The van der Waals surface area contributed by atoms with E-state index in [0.29, 0.717) is 0 Å². The summed E-state index contributed by atoms with van der Waals surface area (Å²) in [4.78, 5) is 34.4. The second kappa shape index (κ2) is 7.39. The predicted molar refractivity (Wildman–Crippen MR) is 79.0 cm³/mol. The summed E-state index contributed by atoms with van der Waals surface area (Å²) in [6.07, 6.45) is 5.40. The van der Waals surface area contributed by atoms with Gasteiger partial charge in [0.25, 0.3) is 5.56 Å². The molecule has 1 aromatic heterocycles. The molecule has 0 aromatic carbocycles. The quantitative estimate of drug-likeness (QED) is 0.311. The van der Waals surface area contributed by atoms with Gasteiger partial charge in [0.1, 0.15) is 6.73 Å². The van der Waals surface area contributed by atoms with Crippen molar-refractivity contribution in [2.45, 2.75) is 44.9 Å². The molecule has 0 unspecified atom stereocenters. The van der Waals surface area contributed by atoms with Crippen molar-refractivity contribution >= 4 is 7.82 Å². The molecule has 0 aliphatic heterocycles. The van der Waals surface area contributed by atoms with E-state index in [0.717, 1.165) is 41.7 Å². The highest BCUT2D eigenvalue weighted by Crippen LogP contribution is 2.35. The van der Waals surface area contributed by atoms with Crippen LogP contribution in [-0.4, -0.2) is 21.2 Å². The number of rotatable bonds is 6. The van der Waals surface area contributed by atoms with Crippen molar-refractivity contribution in [3.63, 3.8) is 0 Å². The van der Waals surface area contributed by atoms with Crippen LogP contribution in [-0.2, 0) is 9.09 Å². The van der Waals surface area contributed by atoms with Crippen molar-refractivity contribution < 1.29 is 23.8 Å². The molecule has 1 fully saturated rings. The fourth-order valence-corrected chi connectivity index (χ4v) is 2.92. The van der Waals surface area contributed by atoms with Gasteiger partial charge in [0.15, 0.2) is 0 Å². The van der Waals surface area contributed by atoms with Gasteiger partial charge in [-0.1, -0.05) is 19.3 Å². The number of nitrogens with one attached hydrogen (secondary N) is 1. The third-order valence-corrected chi connectivity index (χ3v) is 4.10. The molecule has 1 aromatic rings. The van der Waals surface area contributed by atoms with Gasteiger partial charge < -0.3 is 14.7 Å². The van der Waals surface area contributed by atoms with E-state index in [4.69, 9.17) is 14.7 Å². The molecule has 1 heterocycles. The smallest absolute Gasteiger partial charge is 0.313 e. The highest BCUT2D eigenvalue weighted by atomic mass is 31.2. The van der Waals surface area contributed by atoms with E-state index >= 15 is 0 Å². The van der Waals surface area contributed by atoms with E-state index in [1.807, 2.05) is 13.0 Å². The maximum absolute atomic E-state index is 12.1. The van der Waals surface area contributed by atoms with E-state index in [2.05, 4.69) is 10.0 Å². The molecule has 1 aliphatic rings. The largest absolute Gasteiger partial charge is 0.470 e. The highest BCUT2D eigenvalue weighted by molar-refractivity contribution is 7.46. The Bertz CT molecular complexity index is 605. The number of hydrogen-bond acceptors (Lipinski definition) is 5. The Morgan fingerprint density at radius 2 is 2.00 bits per heavy atom. The Hall–Kier alpha value is -1.18. The number of pyridine rings is 1. The van der Waals surface area contributed by atoms with Gasteiger partial charge in [0.2, 0.25) is 0 Å². The monoisotopic (exact) mass is 332 g/mol. The summed E-state index contributed by atoms with van der Waals surface area (Å²) >= 11 is 0. The summed E-state index contributed by atoms with van der Waals surface area (Å²) in [7, 11) is -4.57. The summed E-state index contributed by atoms with van der Waals surface area (Å²) in [5.74, 6) is 0.242. The molecular formula is C13H21N2O6P. The second-order valence-electron chi connectivity index (χ2n) is 5.42. The second-order valence-corrected chi connectivity index (χ2v) is 6.66. The third kappa shape index (κ3) is 4.93. The molecule has 124 valence electrons. The zero-order valence-corrected chi connectivity index (χ0v) is 13.3. The molecule has 0 radical (unpaired) electrons. The van der Waals surface area contributed by atoms with Crippen LogP contribution in [0.3, 0.4) is 0 Å². The average Bonchev–Trinajstić information content (AvgIpc) is 2.44. The Morgan fingerprint density at radius 3 is 2.64 bits per heavy atom. The number of nitrogens with zero attached hydrogens (tertiary/aromatic N) is 1. The van der Waals surface area contributed by atoms with Crippen molar-refractivity contribution in [3.8, 4) is 0 Å². The summed E-state index contributed by atoms with van der Waals surface area (Å²) < 4.78 is 15.9. The number of hydroxylamine groups is 1. The summed E-state index contributed by atoms with van der Waals surface area (Å²) in [6.45, 7) is 1.32. The maximum atomic E-state index is 12.1. The topological polar surface area (TPSA) is 110 Å². The fraction of sp³-hybridized carbons (Fsp3) is 0.615. The number of aryl methyl sites for hydroxylation is 1. The molecule has 1 aliphatic carbocycles. The molecule has 0 saturated heterocycles. The lowest BCUT2D eigenvalue weighted by Crippen LogP contribution is -2.39. The lowest BCUT2D eigenvalue weighted by molar-refractivity contribution is -0.0257. The van der Waals surface area contributed by atoms with Crippen LogP contribution in [0.4, 0.5) is 0 Å². The van der Waals surface area contributed by atoms with Gasteiger partial charge in [-0.15, -0.1) is 10.2 Å². The van der Waals surface area contributed by atoms with Crippen molar-refractivity contribution in [1.82, 2.24) is 10.2 Å². The van der Waals surface area contributed by atoms with E-state index in [-0.39, 0.29) is 11.5 Å². The lowest BCUT2D eigenvalue weighted by atomic mass is 9.86. The molecule has 0 amide bonds. The zero-order valence-electron chi connectivity index (χ0n) is 12.4. The Kier molecular flexibility index (Phi) is 5.77. The van der Waals surface area contributed by atoms with E-state index < -0.39 is 14.6 Å². The van der Waals surface area contributed by atoms with Gasteiger partial charge in [-0.05, 0) is 31.4 Å². The third-order valence-electron chi connectivity index (χ3n) is 3.63. The Labute approximate surface area is 128 Å². The zero-order chi connectivity index (χ0) is 16.2. The van der Waals surface area contributed by atoms with E-state index in [9.17, 15) is 9.36 Å². The van der Waals surface area contributed by atoms with Crippen LogP contribution in [0, 0.1) is 6.92 Å². The molecule has 8 nitrogen and oxygen atoms in total. The van der Waals surface area contributed by atoms with Crippen LogP contribution < -0.4 is 16.0 Å². The highest BCUT2D eigenvalue weighted by Gasteiger charge is 2.21. The number of aromatic nitrogens is 1. The van der Waals surface area contributed by atoms with Crippen LogP contribution in [0.1, 0.15) is 49.3 Å². The number of phosphoric ester groups is 1. The van der Waals surface area contributed by atoms with Gasteiger partial charge in [0.05, 0.1) is 5.69 Å². The molecule has 3 N–H and O–H groups in total. The van der Waals surface area contributed by atoms with Crippen LogP contribution >= 0.6 is 7.82 Å². The van der Waals surface area contributed by atoms with Gasteiger partial charge in [-0.2, -0.15) is 0 Å². The van der Waals surface area contributed by atoms with Gasteiger partial charge in [-0.25, -0.2) is 4.57 Å². The van der Waals surface area contributed by atoms with Crippen LogP contribution in [0.25, 0.3) is 0 Å². The minimum absolute atomic E-state index is 0.242. The van der Waals surface area contributed by atoms with Crippen molar-refractivity contribution in [2.24, 2.45) is 0 Å². The Balaban J connectivity index is 2.11. The first-order valence-corrected chi connectivity index (χ1v) is 8.74. The average molecular weight is 332 g/mol. The minimum atomic E-state index is -4.57. The normalized spacial score (nSPS) is 16.7. The van der Waals surface area contributed by atoms with Gasteiger partial charge in [0, 0.05) is 12.0 Å². The molecule has 0 spiro atoms. The van der Waals surface area contributed by atoms with E-state index in [1.165, 1.54) is 12.5 Å². The Morgan fingerprint density at radius 1 is 1.32 bits per heavy atom. The molecular weight excluding hydrogens is 311 g/mol. The first kappa shape index (κ1) is 17.2. The molecule has 0 bridgehead atoms. The number of hydrogen-bond donors (Lipinski definition) is 3. The molecule has 0 atom stereocenters. The van der Waals surface area contributed by atoms with Crippen molar-refractivity contribution in [2.75, 3.05) is 6.73 Å². The fourth-order valence-electron chi connectivity index (χ4n) is 2.70. The van der Waals surface area contributed by atoms with E-state index in [1.54, 1.807) is 0 Å². The number of phosphoric acid groups is 1.